The number of anilines is 2. The van der Waals surface area contributed by atoms with Crippen LogP contribution in [-0.2, 0) is 0 Å². The summed E-state index contributed by atoms with van der Waals surface area (Å²) in [5.74, 6) is -0.626. The van der Waals surface area contributed by atoms with Crippen LogP contribution in [0.1, 0.15) is 0 Å². The maximum Gasteiger partial charge on any atom is 0.194 e. The van der Waals surface area contributed by atoms with Gasteiger partial charge in [0.05, 0.1) is 7.11 Å². The summed E-state index contributed by atoms with van der Waals surface area (Å²) in [6, 6.07) is 14.9. The van der Waals surface area contributed by atoms with E-state index in [9.17, 15) is 14.6 Å². The minimum absolute atomic E-state index is 0.0189. The second-order valence-electron chi connectivity index (χ2n) is 5.92. The molecule has 136 valence electrons. The van der Waals surface area contributed by atoms with Crippen molar-refractivity contribution in [2.45, 2.75) is 0 Å². The zero-order valence-corrected chi connectivity index (χ0v) is 14.3. The largest absolute Gasteiger partial charge is 0.508 e. The van der Waals surface area contributed by atoms with Crippen LogP contribution in [0.3, 0.4) is 0 Å². The monoisotopic (exact) mass is 365 g/mol. The van der Waals surface area contributed by atoms with Crippen molar-refractivity contribution in [3.05, 3.63) is 66.6 Å². The third-order valence-corrected chi connectivity index (χ3v) is 4.16. The fourth-order valence-electron chi connectivity index (χ4n) is 2.90. The number of fused-ring (bicyclic) bond motifs is 1. The van der Waals surface area contributed by atoms with Crippen molar-refractivity contribution in [3.63, 3.8) is 0 Å². The highest BCUT2D eigenvalue weighted by Crippen LogP contribution is 2.38. The molecule has 7 heteroatoms. The van der Waals surface area contributed by atoms with Crippen LogP contribution in [0.5, 0.6) is 17.2 Å². The summed E-state index contributed by atoms with van der Waals surface area (Å²) in [5, 5.41) is 22.7. The molecule has 2 heterocycles. The highest BCUT2D eigenvalue weighted by Gasteiger charge is 2.18. The Morgan fingerprint density at radius 2 is 1.93 bits per heavy atom. The average Bonchev–Trinajstić information content (AvgIpc) is 3.02. The number of nitrogens with zero attached hydrogens (tertiary/aromatic N) is 2. The lowest BCUT2D eigenvalue weighted by molar-refractivity contribution is 0.357. The maximum absolute atomic E-state index is 14.2. The number of phenols is 2. The molecular weight excluding hydrogens is 349 g/mol. The number of imidazole rings is 1. The lowest BCUT2D eigenvalue weighted by Gasteiger charge is -2.11. The van der Waals surface area contributed by atoms with E-state index >= 15 is 0 Å². The fraction of sp³-hybridized carbons (Fsp3) is 0.0500. The number of ether oxygens (including phenoxy) is 1. The van der Waals surface area contributed by atoms with Gasteiger partial charge in [0.25, 0.3) is 0 Å². The van der Waals surface area contributed by atoms with E-state index in [2.05, 4.69) is 10.3 Å². The van der Waals surface area contributed by atoms with E-state index in [0.717, 1.165) is 0 Å². The van der Waals surface area contributed by atoms with Crippen molar-refractivity contribution < 1.29 is 19.3 Å². The summed E-state index contributed by atoms with van der Waals surface area (Å²) in [6.45, 7) is 0. The molecule has 0 amide bonds. The molecule has 27 heavy (non-hydrogen) atoms. The molecule has 0 bridgehead atoms. The number of aromatic nitrogens is 2. The zero-order valence-electron chi connectivity index (χ0n) is 14.3. The Kier molecular flexibility index (Phi) is 4.04. The minimum atomic E-state index is -0.801. The van der Waals surface area contributed by atoms with E-state index in [1.807, 2.05) is 28.8 Å². The third kappa shape index (κ3) is 2.99. The predicted octanol–water partition coefficient (Wildman–Crippen LogP) is 4.30. The molecule has 0 unspecified atom stereocenters. The summed E-state index contributed by atoms with van der Waals surface area (Å²) < 4.78 is 21.0. The second-order valence-corrected chi connectivity index (χ2v) is 5.92. The molecule has 0 fully saturated rings. The van der Waals surface area contributed by atoms with E-state index in [0.29, 0.717) is 28.4 Å². The van der Waals surface area contributed by atoms with Crippen molar-refractivity contribution >= 4 is 17.2 Å². The fourth-order valence-corrected chi connectivity index (χ4v) is 2.90. The van der Waals surface area contributed by atoms with Crippen LogP contribution < -0.4 is 10.1 Å². The second kappa shape index (κ2) is 6.53. The molecule has 2 aromatic carbocycles. The molecule has 0 atom stereocenters. The molecule has 3 N–H and O–H groups in total. The van der Waals surface area contributed by atoms with Gasteiger partial charge in [0, 0.05) is 23.5 Å². The van der Waals surface area contributed by atoms with Crippen LogP contribution in [0.2, 0.25) is 0 Å². The Labute approximate surface area is 154 Å². The van der Waals surface area contributed by atoms with Crippen LogP contribution in [-0.4, -0.2) is 26.7 Å². The highest BCUT2D eigenvalue weighted by atomic mass is 19.1. The van der Waals surface area contributed by atoms with Crippen LogP contribution in [0.25, 0.3) is 16.9 Å². The van der Waals surface area contributed by atoms with Gasteiger partial charge in [-0.05, 0) is 36.4 Å². The van der Waals surface area contributed by atoms with E-state index in [4.69, 9.17) is 4.74 Å². The Morgan fingerprint density at radius 3 is 2.70 bits per heavy atom. The first-order valence-electron chi connectivity index (χ1n) is 8.17. The van der Waals surface area contributed by atoms with E-state index in [-0.39, 0.29) is 11.5 Å². The summed E-state index contributed by atoms with van der Waals surface area (Å²) >= 11 is 0. The molecule has 0 saturated carbocycles. The lowest BCUT2D eigenvalue weighted by atomic mass is 10.1. The summed E-state index contributed by atoms with van der Waals surface area (Å²) in [6.07, 6.45) is 1.82. The topological polar surface area (TPSA) is 79.0 Å². The molecule has 0 spiro atoms. The number of hydrogen-bond acceptors (Lipinski definition) is 5. The summed E-state index contributed by atoms with van der Waals surface area (Å²) in [5.41, 5.74) is 2.21. The number of pyridine rings is 1. The first kappa shape index (κ1) is 16.7. The van der Waals surface area contributed by atoms with Gasteiger partial charge >= 0.3 is 0 Å². The Bertz CT molecular complexity index is 1140. The normalized spacial score (nSPS) is 10.9. The molecule has 4 aromatic rings. The molecular formula is C20H16FN3O3. The SMILES string of the molecule is COc1cc(-c2nc3ccccn3c2Nc2cccc(O)c2)cc(F)c1O. The number of phenolic OH excluding ortho intramolecular Hbond substituents is 2. The molecule has 6 nitrogen and oxygen atoms in total. The number of aromatic hydroxyl groups is 2. The van der Waals surface area contributed by atoms with Gasteiger partial charge in [0.15, 0.2) is 17.3 Å². The molecule has 0 radical (unpaired) electrons. The third-order valence-electron chi connectivity index (χ3n) is 4.16. The Balaban J connectivity index is 1.92. The van der Waals surface area contributed by atoms with E-state index in [1.54, 1.807) is 24.3 Å². The van der Waals surface area contributed by atoms with Gasteiger partial charge in [-0.3, -0.25) is 4.40 Å². The van der Waals surface area contributed by atoms with Gasteiger partial charge in [-0.15, -0.1) is 0 Å². The van der Waals surface area contributed by atoms with E-state index < -0.39 is 11.6 Å². The van der Waals surface area contributed by atoms with Crippen LogP contribution in [0.4, 0.5) is 15.9 Å². The average molecular weight is 365 g/mol. The number of methoxy groups -OCH3 is 1. The van der Waals surface area contributed by atoms with Crippen molar-refractivity contribution in [1.29, 1.82) is 0 Å². The van der Waals surface area contributed by atoms with Crippen molar-refractivity contribution in [2.75, 3.05) is 12.4 Å². The minimum Gasteiger partial charge on any atom is -0.508 e. The number of halogens is 1. The highest BCUT2D eigenvalue weighted by molar-refractivity contribution is 5.81. The van der Waals surface area contributed by atoms with Crippen LogP contribution >= 0.6 is 0 Å². The first-order chi connectivity index (χ1) is 13.1. The van der Waals surface area contributed by atoms with Crippen molar-refractivity contribution in [3.8, 4) is 28.5 Å². The number of hydrogen-bond donors (Lipinski definition) is 3. The van der Waals surface area contributed by atoms with Gasteiger partial charge in [-0.25, -0.2) is 9.37 Å². The van der Waals surface area contributed by atoms with Gasteiger partial charge in [-0.1, -0.05) is 12.1 Å². The van der Waals surface area contributed by atoms with E-state index in [1.165, 1.54) is 19.2 Å². The number of rotatable bonds is 4. The molecule has 0 aliphatic carbocycles. The zero-order chi connectivity index (χ0) is 19.0. The lowest BCUT2D eigenvalue weighted by Crippen LogP contribution is -1.97. The molecule has 4 rings (SSSR count). The quantitative estimate of drug-likeness (QED) is 0.502. The van der Waals surface area contributed by atoms with Crippen LogP contribution in [0, 0.1) is 5.82 Å². The summed E-state index contributed by atoms with van der Waals surface area (Å²) in [7, 11) is 1.36. The first-order valence-corrected chi connectivity index (χ1v) is 8.17. The van der Waals surface area contributed by atoms with Gasteiger partial charge in [0.1, 0.15) is 22.9 Å². The molecule has 0 aliphatic heterocycles. The Morgan fingerprint density at radius 1 is 1.07 bits per heavy atom. The van der Waals surface area contributed by atoms with Gasteiger partial charge in [-0.2, -0.15) is 0 Å². The van der Waals surface area contributed by atoms with Crippen molar-refractivity contribution in [1.82, 2.24) is 9.38 Å². The van der Waals surface area contributed by atoms with Crippen LogP contribution in [0.15, 0.2) is 60.8 Å². The molecule has 0 aliphatic rings. The van der Waals surface area contributed by atoms with Crippen molar-refractivity contribution in [2.24, 2.45) is 0 Å². The number of benzene rings is 2. The molecule has 0 saturated heterocycles. The smallest absolute Gasteiger partial charge is 0.194 e. The molecule has 2 aromatic heterocycles. The Hall–Kier alpha value is -3.74. The number of nitrogens with one attached hydrogen (secondary N) is 1. The van der Waals surface area contributed by atoms with Gasteiger partial charge < -0.3 is 20.3 Å². The van der Waals surface area contributed by atoms with Gasteiger partial charge in [0.2, 0.25) is 0 Å². The maximum atomic E-state index is 14.2. The predicted molar refractivity (Wildman–Crippen MR) is 100 cm³/mol. The standard InChI is InChI=1S/C20H16FN3O3/c1-27-16-10-12(9-15(21)19(16)26)18-20(22-13-5-4-6-14(25)11-13)24-8-3-2-7-17(24)23-18/h2-11,22,25-26H,1H3. The summed E-state index contributed by atoms with van der Waals surface area (Å²) in [4.78, 5) is 4.58.